The van der Waals surface area contributed by atoms with Crippen LogP contribution >= 0.6 is 0 Å². The van der Waals surface area contributed by atoms with Crippen LogP contribution in [-0.2, 0) is 4.74 Å². The highest BCUT2D eigenvalue weighted by molar-refractivity contribution is 5.91. The zero-order chi connectivity index (χ0) is 14.6. The van der Waals surface area contributed by atoms with E-state index >= 15 is 0 Å². The number of carbonyl (C=O) groups is 1. The number of likely N-dealkylation sites (tertiary alicyclic amines) is 1. The van der Waals surface area contributed by atoms with Gasteiger partial charge in [-0.3, -0.25) is 9.89 Å². The molecule has 0 aliphatic carbocycles. The molecule has 1 saturated heterocycles. The van der Waals surface area contributed by atoms with E-state index in [1.807, 2.05) is 47.7 Å². The molecule has 0 aromatic rings. The SMILES string of the molecule is CC(C)=C/N=C(\C)C1CCCN1C(=O)OC(C)(C)C. The number of nitrogens with zero attached hydrogens (tertiary/aromatic N) is 2. The van der Waals surface area contributed by atoms with Gasteiger partial charge in [0.05, 0.1) is 6.04 Å². The Morgan fingerprint density at radius 2 is 1.95 bits per heavy atom. The molecule has 0 bridgehead atoms. The molecule has 1 heterocycles. The van der Waals surface area contributed by atoms with E-state index in [4.69, 9.17) is 4.74 Å². The normalized spacial score (nSPS) is 20.4. The zero-order valence-electron chi connectivity index (χ0n) is 13.0. The van der Waals surface area contributed by atoms with Crippen molar-refractivity contribution in [3.8, 4) is 0 Å². The van der Waals surface area contributed by atoms with Crippen LogP contribution in [0, 0.1) is 0 Å². The van der Waals surface area contributed by atoms with Gasteiger partial charge in [0.2, 0.25) is 0 Å². The Hall–Kier alpha value is -1.32. The third-order valence-electron chi connectivity index (χ3n) is 2.89. The molecule has 0 radical (unpaired) electrons. The summed E-state index contributed by atoms with van der Waals surface area (Å²) in [5, 5.41) is 0. The summed E-state index contributed by atoms with van der Waals surface area (Å²) in [7, 11) is 0. The molecular formula is C15H26N2O2. The minimum absolute atomic E-state index is 0.0745. The Morgan fingerprint density at radius 3 is 2.47 bits per heavy atom. The molecule has 0 spiro atoms. The fraction of sp³-hybridized carbons (Fsp3) is 0.733. The monoisotopic (exact) mass is 266 g/mol. The molecular weight excluding hydrogens is 240 g/mol. The van der Waals surface area contributed by atoms with Crippen molar-refractivity contribution in [2.45, 2.75) is 66.0 Å². The van der Waals surface area contributed by atoms with Gasteiger partial charge < -0.3 is 4.74 Å². The number of carbonyl (C=O) groups excluding carboxylic acids is 1. The van der Waals surface area contributed by atoms with Crippen molar-refractivity contribution in [2.75, 3.05) is 6.54 Å². The average molecular weight is 266 g/mol. The molecule has 0 aromatic heterocycles. The van der Waals surface area contributed by atoms with Crippen molar-refractivity contribution in [3.63, 3.8) is 0 Å². The predicted octanol–water partition coefficient (Wildman–Crippen LogP) is 3.77. The van der Waals surface area contributed by atoms with Crippen LogP contribution in [0.15, 0.2) is 16.8 Å². The van der Waals surface area contributed by atoms with Gasteiger partial charge in [-0.2, -0.15) is 0 Å². The molecule has 1 amide bonds. The summed E-state index contributed by atoms with van der Waals surface area (Å²) in [6.45, 7) is 12.4. The van der Waals surface area contributed by atoms with E-state index in [-0.39, 0.29) is 12.1 Å². The lowest BCUT2D eigenvalue weighted by molar-refractivity contribution is 0.0265. The first-order valence-electron chi connectivity index (χ1n) is 6.88. The molecule has 1 fully saturated rings. The van der Waals surface area contributed by atoms with Crippen molar-refractivity contribution in [1.29, 1.82) is 0 Å². The minimum atomic E-state index is -0.449. The van der Waals surface area contributed by atoms with Crippen molar-refractivity contribution >= 4 is 11.8 Å². The quantitative estimate of drug-likeness (QED) is 0.714. The highest BCUT2D eigenvalue weighted by atomic mass is 16.6. The first-order valence-corrected chi connectivity index (χ1v) is 6.88. The second kappa shape index (κ2) is 6.22. The molecule has 108 valence electrons. The number of amides is 1. The van der Waals surface area contributed by atoms with E-state index < -0.39 is 5.60 Å². The topological polar surface area (TPSA) is 41.9 Å². The molecule has 19 heavy (non-hydrogen) atoms. The van der Waals surface area contributed by atoms with Crippen molar-refractivity contribution in [2.24, 2.45) is 4.99 Å². The average Bonchev–Trinajstić information content (AvgIpc) is 2.72. The van der Waals surface area contributed by atoms with E-state index in [0.29, 0.717) is 0 Å². The number of ether oxygens (including phenoxy) is 1. The maximum Gasteiger partial charge on any atom is 0.410 e. The second-order valence-corrected chi connectivity index (χ2v) is 6.31. The summed E-state index contributed by atoms with van der Waals surface area (Å²) in [5.41, 5.74) is 1.68. The van der Waals surface area contributed by atoms with Crippen LogP contribution in [0.4, 0.5) is 4.79 Å². The molecule has 1 atom stereocenters. The lowest BCUT2D eigenvalue weighted by Crippen LogP contribution is -2.42. The molecule has 0 aromatic carbocycles. The maximum absolute atomic E-state index is 12.1. The van der Waals surface area contributed by atoms with Gasteiger partial charge in [-0.1, -0.05) is 5.57 Å². The Bertz CT molecular complexity index is 387. The zero-order valence-corrected chi connectivity index (χ0v) is 13.0. The standard InChI is InChI=1S/C15H26N2O2/c1-11(2)10-16-12(3)13-8-7-9-17(13)14(18)19-15(4,5)6/h10,13H,7-9H2,1-6H3/b16-12+. The van der Waals surface area contributed by atoms with E-state index in [2.05, 4.69) is 4.99 Å². The fourth-order valence-electron chi connectivity index (χ4n) is 2.06. The Kier molecular flexibility index (Phi) is 5.15. The number of hydrogen-bond donors (Lipinski definition) is 0. The number of rotatable bonds is 2. The van der Waals surface area contributed by atoms with Crippen molar-refractivity contribution < 1.29 is 9.53 Å². The van der Waals surface area contributed by atoms with E-state index in [9.17, 15) is 4.79 Å². The molecule has 4 nitrogen and oxygen atoms in total. The minimum Gasteiger partial charge on any atom is -0.444 e. The number of aliphatic imine (C=N–C) groups is 1. The summed E-state index contributed by atoms with van der Waals surface area (Å²) < 4.78 is 5.44. The van der Waals surface area contributed by atoms with Crippen molar-refractivity contribution in [1.82, 2.24) is 4.90 Å². The molecule has 4 heteroatoms. The first kappa shape index (κ1) is 15.7. The van der Waals surface area contributed by atoms with Gasteiger partial charge in [0, 0.05) is 18.5 Å². The molecule has 1 unspecified atom stereocenters. The fourth-order valence-corrected chi connectivity index (χ4v) is 2.06. The highest BCUT2D eigenvalue weighted by Gasteiger charge is 2.33. The Morgan fingerprint density at radius 1 is 1.32 bits per heavy atom. The second-order valence-electron chi connectivity index (χ2n) is 6.31. The van der Waals surface area contributed by atoms with Gasteiger partial charge in [0.25, 0.3) is 0 Å². The maximum atomic E-state index is 12.1. The largest absolute Gasteiger partial charge is 0.444 e. The van der Waals surface area contributed by atoms with E-state index in [1.165, 1.54) is 0 Å². The summed E-state index contributed by atoms with van der Waals surface area (Å²) in [6.07, 6.45) is 3.58. The highest BCUT2D eigenvalue weighted by Crippen LogP contribution is 2.22. The summed E-state index contributed by atoms with van der Waals surface area (Å²) in [5.74, 6) is 0. The smallest absolute Gasteiger partial charge is 0.410 e. The van der Waals surface area contributed by atoms with Crippen LogP contribution in [0.1, 0.15) is 54.4 Å². The first-order chi connectivity index (χ1) is 8.70. The van der Waals surface area contributed by atoms with Crippen LogP contribution in [0.2, 0.25) is 0 Å². The summed E-state index contributed by atoms with van der Waals surface area (Å²) in [4.78, 5) is 18.4. The van der Waals surface area contributed by atoms with Gasteiger partial charge >= 0.3 is 6.09 Å². The molecule has 0 saturated carbocycles. The third kappa shape index (κ3) is 5.05. The van der Waals surface area contributed by atoms with Gasteiger partial charge in [-0.05, 0) is 54.4 Å². The van der Waals surface area contributed by atoms with Crippen LogP contribution in [0.3, 0.4) is 0 Å². The Balaban J connectivity index is 2.77. The van der Waals surface area contributed by atoms with Crippen LogP contribution in [-0.4, -0.2) is 34.9 Å². The lowest BCUT2D eigenvalue weighted by atomic mass is 10.1. The van der Waals surface area contributed by atoms with Crippen LogP contribution in [0.25, 0.3) is 0 Å². The number of allylic oxidation sites excluding steroid dienone is 1. The summed E-state index contributed by atoms with van der Waals surface area (Å²) >= 11 is 0. The molecule has 0 N–H and O–H groups in total. The predicted molar refractivity (Wildman–Crippen MR) is 78.5 cm³/mol. The molecule has 1 aliphatic rings. The summed E-state index contributed by atoms with van der Waals surface area (Å²) in [6, 6.07) is 0.0745. The number of hydrogen-bond acceptors (Lipinski definition) is 3. The van der Waals surface area contributed by atoms with E-state index in [1.54, 1.807) is 4.90 Å². The van der Waals surface area contributed by atoms with Gasteiger partial charge in [0.1, 0.15) is 5.60 Å². The Labute approximate surface area is 116 Å². The third-order valence-corrected chi connectivity index (χ3v) is 2.89. The van der Waals surface area contributed by atoms with Gasteiger partial charge in [0.15, 0.2) is 0 Å². The van der Waals surface area contributed by atoms with Crippen LogP contribution < -0.4 is 0 Å². The van der Waals surface area contributed by atoms with Gasteiger partial charge in [-0.15, -0.1) is 0 Å². The van der Waals surface area contributed by atoms with Crippen molar-refractivity contribution in [3.05, 3.63) is 11.8 Å². The van der Waals surface area contributed by atoms with Crippen LogP contribution in [0.5, 0.6) is 0 Å². The molecule has 1 rings (SSSR count). The lowest BCUT2D eigenvalue weighted by Gasteiger charge is -2.28. The van der Waals surface area contributed by atoms with Gasteiger partial charge in [-0.25, -0.2) is 4.79 Å². The molecule has 1 aliphatic heterocycles. The van der Waals surface area contributed by atoms with E-state index in [0.717, 1.165) is 30.7 Å².